The molecule has 4 nitrogen and oxygen atoms in total. The summed E-state index contributed by atoms with van der Waals surface area (Å²) in [6.07, 6.45) is 4.10. The number of rotatable bonds is 3. The first-order valence-electron chi connectivity index (χ1n) is 6.06. The van der Waals surface area contributed by atoms with E-state index in [1.54, 1.807) is 12.4 Å². The predicted octanol–water partition coefficient (Wildman–Crippen LogP) is 2.19. The Bertz CT molecular complexity index is 588. The Hall–Kier alpha value is -1.97. The fraction of sp³-hybridized carbons (Fsp3) is 0.357. The van der Waals surface area contributed by atoms with Crippen molar-refractivity contribution in [1.82, 2.24) is 15.0 Å². The Morgan fingerprint density at radius 3 is 2.50 bits per heavy atom. The van der Waals surface area contributed by atoms with Gasteiger partial charge in [-0.25, -0.2) is 4.98 Å². The van der Waals surface area contributed by atoms with Gasteiger partial charge in [0.25, 0.3) is 5.56 Å². The Balaban J connectivity index is 2.35. The maximum atomic E-state index is 12.0. The molecule has 0 aliphatic heterocycles. The second-order valence-corrected chi connectivity index (χ2v) is 4.70. The normalized spacial score (nSPS) is 10.9. The number of nitrogens with one attached hydrogen (secondary N) is 1. The predicted molar refractivity (Wildman–Crippen MR) is 70.7 cm³/mol. The van der Waals surface area contributed by atoms with Crippen LogP contribution in [-0.2, 0) is 6.42 Å². The van der Waals surface area contributed by atoms with Gasteiger partial charge in [-0.1, -0.05) is 13.8 Å². The van der Waals surface area contributed by atoms with Gasteiger partial charge in [0.2, 0.25) is 0 Å². The minimum atomic E-state index is -0.0263. The van der Waals surface area contributed by atoms with Gasteiger partial charge >= 0.3 is 0 Å². The van der Waals surface area contributed by atoms with Gasteiger partial charge in [0.15, 0.2) is 0 Å². The van der Waals surface area contributed by atoms with Gasteiger partial charge in [0.05, 0.1) is 0 Å². The summed E-state index contributed by atoms with van der Waals surface area (Å²) in [5.74, 6) is 0.893. The Morgan fingerprint density at radius 1 is 1.28 bits per heavy atom. The number of H-pyrrole nitrogens is 1. The molecule has 94 valence electrons. The average molecular weight is 243 g/mol. The van der Waals surface area contributed by atoms with Crippen molar-refractivity contribution in [3.05, 3.63) is 57.5 Å². The number of aromatic nitrogens is 3. The van der Waals surface area contributed by atoms with E-state index < -0.39 is 0 Å². The summed E-state index contributed by atoms with van der Waals surface area (Å²) < 4.78 is 0. The monoisotopic (exact) mass is 243 g/mol. The van der Waals surface area contributed by atoms with E-state index in [2.05, 4.69) is 15.0 Å². The molecule has 0 radical (unpaired) electrons. The van der Waals surface area contributed by atoms with E-state index in [4.69, 9.17) is 0 Å². The first-order chi connectivity index (χ1) is 8.58. The van der Waals surface area contributed by atoms with Crippen molar-refractivity contribution in [2.24, 2.45) is 0 Å². The van der Waals surface area contributed by atoms with Crippen LogP contribution in [0, 0.1) is 6.92 Å². The zero-order valence-corrected chi connectivity index (χ0v) is 10.9. The first kappa shape index (κ1) is 12.5. The van der Waals surface area contributed by atoms with Crippen LogP contribution in [0.15, 0.2) is 29.3 Å². The van der Waals surface area contributed by atoms with Crippen LogP contribution in [0.2, 0.25) is 0 Å². The van der Waals surface area contributed by atoms with Crippen molar-refractivity contribution >= 4 is 0 Å². The van der Waals surface area contributed by atoms with Gasteiger partial charge in [0.1, 0.15) is 5.82 Å². The van der Waals surface area contributed by atoms with Crippen molar-refractivity contribution in [3.8, 4) is 0 Å². The van der Waals surface area contributed by atoms with E-state index in [1.807, 2.05) is 32.9 Å². The number of hydrogen-bond donors (Lipinski definition) is 1. The number of nitrogens with zero attached hydrogens (tertiary/aromatic N) is 2. The Kier molecular flexibility index (Phi) is 3.55. The molecule has 2 aromatic rings. The summed E-state index contributed by atoms with van der Waals surface area (Å²) in [4.78, 5) is 23.3. The van der Waals surface area contributed by atoms with E-state index >= 15 is 0 Å². The molecule has 0 saturated carbocycles. The summed E-state index contributed by atoms with van der Waals surface area (Å²) in [6, 6.07) is 3.84. The lowest BCUT2D eigenvalue weighted by Crippen LogP contribution is -2.20. The molecular formula is C14H17N3O. The average Bonchev–Trinajstić information content (AvgIpc) is 2.28. The summed E-state index contributed by atoms with van der Waals surface area (Å²) in [5, 5.41) is 0. The quantitative estimate of drug-likeness (QED) is 0.899. The van der Waals surface area contributed by atoms with Crippen LogP contribution in [0.3, 0.4) is 0 Å². The molecular weight excluding hydrogens is 226 g/mol. The molecule has 18 heavy (non-hydrogen) atoms. The van der Waals surface area contributed by atoms with E-state index in [0.29, 0.717) is 12.2 Å². The van der Waals surface area contributed by atoms with Gasteiger partial charge in [0, 0.05) is 30.1 Å². The van der Waals surface area contributed by atoms with Gasteiger partial charge in [-0.3, -0.25) is 9.78 Å². The Morgan fingerprint density at radius 2 is 1.94 bits per heavy atom. The van der Waals surface area contributed by atoms with E-state index in [-0.39, 0.29) is 11.5 Å². The second kappa shape index (κ2) is 5.12. The van der Waals surface area contributed by atoms with Crippen molar-refractivity contribution in [2.75, 3.05) is 0 Å². The topological polar surface area (TPSA) is 58.6 Å². The minimum Gasteiger partial charge on any atom is -0.310 e. The van der Waals surface area contributed by atoms with Crippen molar-refractivity contribution < 1.29 is 0 Å². The molecule has 1 N–H and O–H groups in total. The summed E-state index contributed by atoms with van der Waals surface area (Å²) in [7, 11) is 0. The number of pyridine rings is 1. The highest BCUT2D eigenvalue weighted by molar-refractivity contribution is 5.22. The maximum Gasteiger partial charge on any atom is 0.254 e. The molecule has 0 fully saturated rings. The van der Waals surface area contributed by atoms with Crippen molar-refractivity contribution in [3.63, 3.8) is 0 Å². The van der Waals surface area contributed by atoms with Crippen LogP contribution < -0.4 is 5.56 Å². The fourth-order valence-corrected chi connectivity index (χ4v) is 2.11. The summed E-state index contributed by atoms with van der Waals surface area (Å²) in [5.41, 5.74) is 2.65. The van der Waals surface area contributed by atoms with E-state index in [9.17, 15) is 4.79 Å². The van der Waals surface area contributed by atoms with Gasteiger partial charge < -0.3 is 4.98 Å². The highest BCUT2D eigenvalue weighted by Crippen LogP contribution is 2.13. The maximum absolute atomic E-state index is 12.0. The van der Waals surface area contributed by atoms with Crippen LogP contribution in [0.5, 0.6) is 0 Å². The van der Waals surface area contributed by atoms with E-state index in [0.717, 1.165) is 16.8 Å². The lowest BCUT2D eigenvalue weighted by molar-refractivity contribution is 0.791. The van der Waals surface area contributed by atoms with Crippen LogP contribution in [0.1, 0.15) is 42.4 Å². The number of aromatic amines is 1. The number of hydrogen-bond acceptors (Lipinski definition) is 3. The van der Waals surface area contributed by atoms with Crippen LogP contribution in [-0.4, -0.2) is 15.0 Å². The third-order valence-corrected chi connectivity index (χ3v) is 2.89. The molecule has 0 aliphatic rings. The first-order valence-corrected chi connectivity index (χ1v) is 6.06. The lowest BCUT2D eigenvalue weighted by Gasteiger charge is -2.09. The van der Waals surface area contributed by atoms with Crippen molar-refractivity contribution in [1.29, 1.82) is 0 Å². The third kappa shape index (κ3) is 2.64. The fourth-order valence-electron chi connectivity index (χ4n) is 2.11. The number of aryl methyl sites for hydroxylation is 1. The van der Waals surface area contributed by atoms with Crippen LogP contribution >= 0.6 is 0 Å². The lowest BCUT2D eigenvalue weighted by atomic mass is 10.0. The molecule has 2 heterocycles. The summed E-state index contributed by atoms with van der Waals surface area (Å²) in [6.45, 7) is 5.89. The summed E-state index contributed by atoms with van der Waals surface area (Å²) >= 11 is 0. The molecule has 0 aliphatic carbocycles. The molecule has 0 saturated heterocycles. The molecule has 2 aromatic heterocycles. The van der Waals surface area contributed by atoms with Crippen LogP contribution in [0.4, 0.5) is 0 Å². The molecule has 4 heteroatoms. The molecule has 0 unspecified atom stereocenters. The van der Waals surface area contributed by atoms with Gasteiger partial charge in [-0.05, 0) is 30.5 Å². The second-order valence-electron chi connectivity index (χ2n) is 4.70. The molecule has 0 amide bonds. The van der Waals surface area contributed by atoms with Gasteiger partial charge in [-0.15, -0.1) is 0 Å². The zero-order valence-electron chi connectivity index (χ0n) is 10.9. The minimum absolute atomic E-state index is 0.0263. The molecule has 0 bridgehead atoms. The van der Waals surface area contributed by atoms with Crippen molar-refractivity contribution in [2.45, 2.75) is 33.1 Å². The SMILES string of the molecule is Cc1nc(Cc2ccncc2)[nH]c(=O)c1C(C)C. The Labute approximate surface area is 106 Å². The zero-order chi connectivity index (χ0) is 13.1. The molecule has 2 rings (SSSR count). The smallest absolute Gasteiger partial charge is 0.254 e. The molecule has 0 spiro atoms. The third-order valence-electron chi connectivity index (χ3n) is 2.89. The standard InChI is InChI=1S/C14H17N3O/c1-9(2)13-10(3)16-12(17-14(13)18)8-11-4-6-15-7-5-11/h4-7,9H,8H2,1-3H3,(H,16,17,18). The van der Waals surface area contributed by atoms with Crippen LogP contribution in [0.25, 0.3) is 0 Å². The van der Waals surface area contributed by atoms with E-state index in [1.165, 1.54) is 0 Å². The highest BCUT2D eigenvalue weighted by atomic mass is 16.1. The highest BCUT2D eigenvalue weighted by Gasteiger charge is 2.11. The molecule has 0 atom stereocenters. The molecule has 0 aromatic carbocycles. The largest absolute Gasteiger partial charge is 0.310 e. The van der Waals surface area contributed by atoms with Gasteiger partial charge in [-0.2, -0.15) is 0 Å².